The molecule has 1 saturated heterocycles. The number of anilines is 1. The summed E-state index contributed by atoms with van der Waals surface area (Å²) in [5.74, 6) is 0.769. The molecule has 0 bridgehead atoms. The van der Waals surface area contributed by atoms with Crippen molar-refractivity contribution in [1.29, 1.82) is 0 Å². The van der Waals surface area contributed by atoms with Crippen LogP contribution >= 0.6 is 11.6 Å². The van der Waals surface area contributed by atoms with Gasteiger partial charge in [0.25, 0.3) is 0 Å². The molecule has 1 aromatic rings. The van der Waals surface area contributed by atoms with Gasteiger partial charge in [-0.3, -0.25) is 0 Å². The summed E-state index contributed by atoms with van der Waals surface area (Å²) in [7, 11) is 0. The van der Waals surface area contributed by atoms with Gasteiger partial charge in [0.1, 0.15) is 0 Å². The summed E-state index contributed by atoms with van der Waals surface area (Å²) in [4.78, 5) is 10.5. The standard InChI is InChI=1S/C8H11ClN4/c9-7-5-11-8(12-6-7)13-3-1-10-2-4-13/h5-6,10H,1-4H2. The van der Waals surface area contributed by atoms with E-state index in [4.69, 9.17) is 11.6 Å². The van der Waals surface area contributed by atoms with E-state index >= 15 is 0 Å². The summed E-state index contributed by atoms with van der Waals surface area (Å²) >= 11 is 5.69. The SMILES string of the molecule is Clc1cnc(N2CCNCC2)nc1. The monoisotopic (exact) mass is 198 g/mol. The fourth-order valence-electron chi connectivity index (χ4n) is 1.33. The van der Waals surface area contributed by atoms with E-state index in [1.54, 1.807) is 12.4 Å². The third kappa shape index (κ3) is 2.08. The summed E-state index contributed by atoms with van der Waals surface area (Å²) in [5.41, 5.74) is 0. The van der Waals surface area contributed by atoms with Crippen LogP contribution in [0, 0.1) is 0 Å². The topological polar surface area (TPSA) is 41.1 Å². The highest BCUT2D eigenvalue weighted by molar-refractivity contribution is 6.30. The molecule has 5 heteroatoms. The molecule has 1 N–H and O–H groups in total. The first-order valence-electron chi connectivity index (χ1n) is 4.29. The van der Waals surface area contributed by atoms with Gasteiger partial charge < -0.3 is 10.2 Å². The number of hydrogen-bond donors (Lipinski definition) is 1. The highest BCUT2D eigenvalue weighted by Crippen LogP contribution is 2.10. The van der Waals surface area contributed by atoms with Crippen LogP contribution in [0.4, 0.5) is 5.95 Å². The van der Waals surface area contributed by atoms with Crippen molar-refractivity contribution >= 4 is 17.5 Å². The molecule has 0 spiro atoms. The van der Waals surface area contributed by atoms with Gasteiger partial charge in [-0.2, -0.15) is 0 Å². The van der Waals surface area contributed by atoms with E-state index in [-0.39, 0.29) is 0 Å². The lowest BCUT2D eigenvalue weighted by atomic mass is 10.4. The lowest BCUT2D eigenvalue weighted by Gasteiger charge is -2.27. The lowest BCUT2D eigenvalue weighted by molar-refractivity contribution is 0.580. The second-order valence-electron chi connectivity index (χ2n) is 2.94. The molecule has 0 aromatic carbocycles. The van der Waals surface area contributed by atoms with Gasteiger partial charge in [0.15, 0.2) is 0 Å². The second-order valence-corrected chi connectivity index (χ2v) is 3.37. The molecule has 0 atom stereocenters. The largest absolute Gasteiger partial charge is 0.338 e. The van der Waals surface area contributed by atoms with Gasteiger partial charge in [-0.05, 0) is 0 Å². The van der Waals surface area contributed by atoms with Crippen LogP contribution < -0.4 is 10.2 Å². The van der Waals surface area contributed by atoms with Crippen molar-refractivity contribution in [2.45, 2.75) is 0 Å². The third-order valence-corrected chi connectivity index (χ3v) is 2.20. The van der Waals surface area contributed by atoms with E-state index in [2.05, 4.69) is 20.2 Å². The maximum absolute atomic E-state index is 5.69. The van der Waals surface area contributed by atoms with Crippen molar-refractivity contribution in [3.63, 3.8) is 0 Å². The van der Waals surface area contributed by atoms with Crippen molar-refractivity contribution < 1.29 is 0 Å². The minimum Gasteiger partial charge on any atom is -0.338 e. The van der Waals surface area contributed by atoms with E-state index in [9.17, 15) is 0 Å². The first kappa shape index (κ1) is 8.72. The Morgan fingerprint density at radius 3 is 2.46 bits per heavy atom. The first-order valence-corrected chi connectivity index (χ1v) is 4.67. The molecular weight excluding hydrogens is 188 g/mol. The van der Waals surface area contributed by atoms with Crippen LogP contribution in [0.2, 0.25) is 5.02 Å². The molecule has 13 heavy (non-hydrogen) atoms. The van der Waals surface area contributed by atoms with Crippen LogP contribution in [-0.2, 0) is 0 Å². The Hall–Kier alpha value is -0.870. The van der Waals surface area contributed by atoms with Crippen molar-refractivity contribution in [2.24, 2.45) is 0 Å². The van der Waals surface area contributed by atoms with Gasteiger partial charge in [-0.15, -0.1) is 0 Å². The van der Waals surface area contributed by atoms with Gasteiger partial charge in [-0.25, -0.2) is 9.97 Å². The van der Waals surface area contributed by atoms with Gasteiger partial charge in [0, 0.05) is 26.2 Å². The van der Waals surface area contributed by atoms with Gasteiger partial charge in [-0.1, -0.05) is 11.6 Å². The van der Waals surface area contributed by atoms with Crippen LogP contribution in [0.5, 0.6) is 0 Å². The van der Waals surface area contributed by atoms with Crippen LogP contribution in [0.3, 0.4) is 0 Å². The normalized spacial score (nSPS) is 17.5. The van der Waals surface area contributed by atoms with Crippen LogP contribution in [0.1, 0.15) is 0 Å². The van der Waals surface area contributed by atoms with E-state index in [1.165, 1.54) is 0 Å². The molecule has 0 radical (unpaired) electrons. The molecule has 4 nitrogen and oxygen atoms in total. The molecule has 0 saturated carbocycles. The number of hydrogen-bond acceptors (Lipinski definition) is 4. The molecule has 0 unspecified atom stereocenters. The fourth-order valence-corrected chi connectivity index (χ4v) is 1.43. The Bertz CT molecular complexity index is 268. The third-order valence-electron chi connectivity index (χ3n) is 2.01. The van der Waals surface area contributed by atoms with Crippen molar-refractivity contribution in [3.05, 3.63) is 17.4 Å². The van der Waals surface area contributed by atoms with E-state index in [1.807, 2.05) is 0 Å². The number of nitrogens with zero attached hydrogens (tertiary/aromatic N) is 3. The predicted molar refractivity (Wildman–Crippen MR) is 52.1 cm³/mol. The minimum atomic E-state index is 0.582. The van der Waals surface area contributed by atoms with Gasteiger partial charge in [0.2, 0.25) is 5.95 Å². The highest BCUT2D eigenvalue weighted by Gasteiger charge is 2.11. The molecule has 1 aliphatic heterocycles. The molecule has 0 amide bonds. The minimum absolute atomic E-state index is 0.582. The van der Waals surface area contributed by atoms with Crippen molar-refractivity contribution in [2.75, 3.05) is 31.1 Å². The number of piperazine rings is 1. The number of nitrogens with one attached hydrogen (secondary N) is 1. The number of rotatable bonds is 1. The first-order chi connectivity index (χ1) is 6.36. The number of aromatic nitrogens is 2. The predicted octanol–water partition coefficient (Wildman–Crippen LogP) is 0.540. The Morgan fingerprint density at radius 2 is 1.85 bits per heavy atom. The molecule has 1 aliphatic rings. The maximum atomic E-state index is 5.69. The Balaban J connectivity index is 2.10. The van der Waals surface area contributed by atoms with Gasteiger partial charge >= 0.3 is 0 Å². The van der Waals surface area contributed by atoms with E-state index in [0.717, 1.165) is 32.1 Å². The van der Waals surface area contributed by atoms with Crippen molar-refractivity contribution in [1.82, 2.24) is 15.3 Å². The summed E-state index contributed by atoms with van der Waals surface area (Å²) in [6, 6.07) is 0. The van der Waals surface area contributed by atoms with Crippen molar-refractivity contribution in [3.8, 4) is 0 Å². The van der Waals surface area contributed by atoms with Crippen LogP contribution in [-0.4, -0.2) is 36.1 Å². The number of halogens is 1. The highest BCUT2D eigenvalue weighted by atomic mass is 35.5. The zero-order chi connectivity index (χ0) is 9.10. The quantitative estimate of drug-likeness (QED) is 0.715. The zero-order valence-corrected chi connectivity index (χ0v) is 7.96. The van der Waals surface area contributed by atoms with E-state index < -0.39 is 0 Å². The Labute approximate surface area is 81.9 Å². The molecule has 1 fully saturated rings. The summed E-state index contributed by atoms with van der Waals surface area (Å²) in [5, 5.41) is 3.85. The molecule has 2 heterocycles. The fraction of sp³-hybridized carbons (Fsp3) is 0.500. The van der Waals surface area contributed by atoms with Crippen LogP contribution in [0.15, 0.2) is 12.4 Å². The maximum Gasteiger partial charge on any atom is 0.225 e. The average molecular weight is 199 g/mol. The Kier molecular flexibility index (Phi) is 2.61. The Morgan fingerprint density at radius 1 is 1.23 bits per heavy atom. The lowest BCUT2D eigenvalue weighted by Crippen LogP contribution is -2.44. The summed E-state index contributed by atoms with van der Waals surface area (Å²) in [6.45, 7) is 3.90. The molecular formula is C8H11ClN4. The van der Waals surface area contributed by atoms with Gasteiger partial charge in [0.05, 0.1) is 17.4 Å². The smallest absolute Gasteiger partial charge is 0.225 e. The molecule has 1 aromatic heterocycles. The van der Waals surface area contributed by atoms with E-state index in [0.29, 0.717) is 5.02 Å². The molecule has 70 valence electrons. The molecule has 0 aliphatic carbocycles. The molecule has 2 rings (SSSR count). The summed E-state index contributed by atoms with van der Waals surface area (Å²) in [6.07, 6.45) is 3.26. The average Bonchev–Trinajstić information content (AvgIpc) is 2.20. The zero-order valence-electron chi connectivity index (χ0n) is 7.20. The summed E-state index contributed by atoms with van der Waals surface area (Å²) < 4.78 is 0. The second kappa shape index (κ2) is 3.89. The van der Waals surface area contributed by atoms with Crippen LogP contribution in [0.25, 0.3) is 0 Å².